The number of nitrogens with zero attached hydrogens (tertiary/aromatic N) is 4. The van der Waals surface area contributed by atoms with E-state index >= 15 is 0 Å². The zero-order valence-corrected chi connectivity index (χ0v) is 14.1. The molecule has 130 valence electrons. The van der Waals surface area contributed by atoms with Gasteiger partial charge in [-0.25, -0.2) is 9.97 Å². The van der Waals surface area contributed by atoms with Crippen molar-refractivity contribution in [2.75, 3.05) is 12.4 Å². The number of oxazole rings is 1. The van der Waals surface area contributed by atoms with E-state index in [0.717, 1.165) is 41.0 Å². The first-order valence-corrected chi connectivity index (χ1v) is 8.44. The van der Waals surface area contributed by atoms with Crippen molar-refractivity contribution in [2.45, 2.75) is 18.9 Å². The molecule has 0 aliphatic heterocycles. The lowest BCUT2D eigenvalue weighted by atomic mass is 10.1. The largest absolute Gasteiger partial charge is 0.443 e. The molecule has 4 aromatic rings. The Labute approximate surface area is 148 Å². The summed E-state index contributed by atoms with van der Waals surface area (Å²) in [7, 11) is 1.81. The molecular weight excluding hydrogens is 332 g/mol. The molecule has 1 fully saturated rings. The second-order valence-electron chi connectivity index (χ2n) is 6.35. The number of amides is 1. The fraction of sp³-hybridized carbons (Fsp3) is 0.222. The monoisotopic (exact) mass is 348 g/mol. The molecule has 1 saturated carbocycles. The minimum atomic E-state index is -0.138. The van der Waals surface area contributed by atoms with E-state index in [4.69, 9.17) is 9.40 Å². The third-order valence-corrected chi connectivity index (χ3v) is 4.51. The molecule has 3 heterocycles. The molecule has 0 saturated heterocycles. The van der Waals surface area contributed by atoms with Gasteiger partial charge in [0.1, 0.15) is 16.9 Å². The van der Waals surface area contributed by atoms with Gasteiger partial charge >= 0.3 is 0 Å². The van der Waals surface area contributed by atoms with Crippen molar-refractivity contribution >= 4 is 28.5 Å². The number of fused-ring (bicyclic) bond motifs is 2. The SMILES string of the molecule is CNc1cc(-c2ccc3ocnc3c2)nc2c(C(=O)NC3CC3)cnn12. The molecule has 2 N–H and O–H groups in total. The normalized spacial score (nSPS) is 14.0. The number of hydrogen-bond acceptors (Lipinski definition) is 6. The van der Waals surface area contributed by atoms with Crippen LogP contribution in [0.3, 0.4) is 0 Å². The molecule has 3 aromatic heterocycles. The van der Waals surface area contributed by atoms with Crippen molar-refractivity contribution in [3.63, 3.8) is 0 Å². The molecule has 1 amide bonds. The highest BCUT2D eigenvalue weighted by molar-refractivity contribution is 6.00. The molecule has 5 rings (SSSR count). The van der Waals surface area contributed by atoms with E-state index in [1.807, 2.05) is 31.3 Å². The predicted molar refractivity (Wildman–Crippen MR) is 96.0 cm³/mol. The summed E-state index contributed by atoms with van der Waals surface area (Å²) in [5.41, 5.74) is 4.09. The van der Waals surface area contributed by atoms with Crippen LogP contribution in [-0.2, 0) is 0 Å². The molecule has 0 radical (unpaired) electrons. The molecule has 8 nitrogen and oxygen atoms in total. The van der Waals surface area contributed by atoms with Crippen LogP contribution < -0.4 is 10.6 Å². The zero-order valence-electron chi connectivity index (χ0n) is 14.1. The molecule has 8 heteroatoms. The molecule has 0 spiro atoms. The van der Waals surface area contributed by atoms with Crippen molar-refractivity contribution in [3.05, 3.63) is 42.4 Å². The number of carbonyl (C=O) groups is 1. The van der Waals surface area contributed by atoms with E-state index in [1.54, 1.807) is 10.7 Å². The third kappa shape index (κ3) is 2.38. The van der Waals surface area contributed by atoms with Gasteiger partial charge in [-0.15, -0.1) is 0 Å². The smallest absolute Gasteiger partial charge is 0.256 e. The van der Waals surface area contributed by atoms with Crippen molar-refractivity contribution in [2.24, 2.45) is 0 Å². The minimum absolute atomic E-state index is 0.138. The highest BCUT2D eigenvalue weighted by Crippen LogP contribution is 2.27. The number of anilines is 1. The Hall–Kier alpha value is -3.42. The molecule has 1 aliphatic carbocycles. The average Bonchev–Trinajstić information content (AvgIpc) is 3.19. The maximum atomic E-state index is 12.5. The average molecular weight is 348 g/mol. The Morgan fingerprint density at radius 3 is 3.00 bits per heavy atom. The quantitative estimate of drug-likeness (QED) is 0.588. The first kappa shape index (κ1) is 14.9. The molecule has 0 unspecified atom stereocenters. The molecule has 0 atom stereocenters. The minimum Gasteiger partial charge on any atom is -0.443 e. The van der Waals surface area contributed by atoms with E-state index in [0.29, 0.717) is 11.2 Å². The fourth-order valence-corrected chi connectivity index (χ4v) is 2.96. The first-order chi connectivity index (χ1) is 12.7. The van der Waals surface area contributed by atoms with Crippen LogP contribution in [0, 0.1) is 0 Å². The van der Waals surface area contributed by atoms with Crippen LogP contribution in [0.1, 0.15) is 23.2 Å². The van der Waals surface area contributed by atoms with Gasteiger partial charge in [0, 0.05) is 24.7 Å². The van der Waals surface area contributed by atoms with Gasteiger partial charge in [0.2, 0.25) is 0 Å². The van der Waals surface area contributed by atoms with Gasteiger partial charge in [-0.05, 0) is 31.0 Å². The number of carbonyl (C=O) groups excluding carboxylic acids is 1. The number of hydrogen-bond donors (Lipinski definition) is 2. The lowest BCUT2D eigenvalue weighted by molar-refractivity contribution is 0.0952. The van der Waals surface area contributed by atoms with Gasteiger partial charge in [0.05, 0.1) is 11.9 Å². The molecule has 1 aliphatic rings. The van der Waals surface area contributed by atoms with Crippen molar-refractivity contribution in [1.82, 2.24) is 24.9 Å². The van der Waals surface area contributed by atoms with Gasteiger partial charge in [0.15, 0.2) is 17.6 Å². The Bertz CT molecular complexity index is 1140. The van der Waals surface area contributed by atoms with Gasteiger partial charge in [-0.2, -0.15) is 9.61 Å². The Morgan fingerprint density at radius 2 is 2.19 bits per heavy atom. The Balaban J connectivity index is 1.65. The lowest BCUT2D eigenvalue weighted by Gasteiger charge is -2.08. The summed E-state index contributed by atoms with van der Waals surface area (Å²) in [4.78, 5) is 21.4. The van der Waals surface area contributed by atoms with Crippen LogP contribution in [0.25, 0.3) is 28.0 Å². The van der Waals surface area contributed by atoms with Crippen molar-refractivity contribution in [3.8, 4) is 11.3 Å². The van der Waals surface area contributed by atoms with Crippen LogP contribution >= 0.6 is 0 Å². The topological polar surface area (TPSA) is 97.4 Å². The van der Waals surface area contributed by atoms with Gasteiger partial charge in [-0.1, -0.05) is 0 Å². The van der Waals surface area contributed by atoms with Gasteiger partial charge in [0.25, 0.3) is 5.91 Å². The molecule has 26 heavy (non-hydrogen) atoms. The van der Waals surface area contributed by atoms with Crippen molar-refractivity contribution in [1.29, 1.82) is 0 Å². The molecular formula is C18H16N6O2. The maximum Gasteiger partial charge on any atom is 0.256 e. The molecule has 1 aromatic carbocycles. The molecule has 0 bridgehead atoms. The van der Waals surface area contributed by atoms with Crippen LogP contribution in [0.5, 0.6) is 0 Å². The summed E-state index contributed by atoms with van der Waals surface area (Å²) in [6.45, 7) is 0. The summed E-state index contributed by atoms with van der Waals surface area (Å²) < 4.78 is 6.93. The van der Waals surface area contributed by atoms with E-state index in [1.165, 1.54) is 6.39 Å². The van der Waals surface area contributed by atoms with Crippen LogP contribution in [-0.4, -0.2) is 38.6 Å². The van der Waals surface area contributed by atoms with E-state index < -0.39 is 0 Å². The Kier molecular flexibility index (Phi) is 3.18. The predicted octanol–water partition coefficient (Wildman–Crippen LogP) is 2.47. The zero-order chi connectivity index (χ0) is 17.7. The maximum absolute atomic E-state index is 12.5. The summed E-state index contributed by atoms with van der Waals surface area (Å²) in [6.07, 6.45) is 5.04. The summed E-state index contributed by atoms with van der Waals surface area (Å²) in [5, 5.41) is 10.4. The number of benzene rings is 1. The second kappa shape index (κ2) is 5.55. The number of nitrogens with one attached hydrogen (secondary N) is 2. The van der Waals surface area contributed by atoms with Crippen LogP contribution in [0.15, 0.2) is 41.3 Å². The van der Waals surface area contributed by atoms with Crippen LogP contribution in [0.4, 0.5) is 5.82 Å². The van der Waals surface area contributed by atoms with E-state index in [2.05, 4.69) is 20.7 Å². The first-order valence-electron chi connectivity index (χ1n) is 8.44. The second-order valence-corrected chi connectivity index (χ2v) is 6.35. The summed E-state index contributed by atoms with van der Waals surface area (Å²) >= 11 is 0. The van der Waals surface area contributed by atoms with Gasteiger partial charge < -0.3 is 15.1 Å². The number of aromatic nitrogens is 4. The van der Waals surface area contributed by atoms with E-state index in [-0.39, 0.29) is 11.9 Å². The summed E-state index contributed by atoms with van der Waals surface area (Å²) in [5.74, 6) is 0.608. The highest BCUT2D eigenvalue weighted by atomic mass is 16.3. The van der Waals surface area contributed by atoms with Gasteiger partial charge in [-0.3, -0.25) is 4.79 Å². The third-order valence-electron chi connectivity index (χ3n) is 4.51. The highest BCUT2D eigenvalue weighted by Gasteiger charge is 2.26. The summed E-state index contributed by atoms with van der Waals surface area (Å²) in [6, 6.07) is 7.87. The number of rotatable bonds is 4. The lowest BCUT2D eigenvalue weighted by Crippen LogP contribution is -2.25. The standard InChI is InChI=1S/C18H16N6O2/c1-19-16-7-13(10-2-5-15-14(6-10)20-9-26-15)23-17-12(8-21-24(16)17)18(25)22-11-3-4-11/h2,5-9,11,19H,3-4H2,1H3,(H,22,25). The Morgan fingerprint density at radius 1 is 1.31 bits per heavy atom. The fourth-order valence-electron chi connectivity index (χ4n) is 2.96. The van der Waals surface area contributed by atoms with E-state index in [9.17, 15) is 4.79 Å². The van der Waals surface area contributed by atoms with Crippen molar-refractivity contribution < 1.29 is 9.21 Å². The van der Waals surface area contributed by atoms with Crippen LogP contribution in [0.2, 0.25) is 0 Å².